The molecule has 0 radical (unpaired) electrons. The van der Waals surface area contributed by atoms with Crippen molar-refractivity contribution in [3.63, 3.8) is 0 Å². The van der Waals surface area contributed by atoms with Gasteiger partial charge in [0.05, 0.1) is 5.69 Å². The quantitative estimate of drug-likeness (QED) is 0.732. The molecule has 3 rings (SSSR count). The molecule has 0 saturated carbocycles. The first-order valence-electron chi connectivity index (χ1n) is 5.90. The number of carbonyl (C=O) groups excluding carboxylic acids is 1. The molecule has 2 nitrogen and oxygen atoms in total. The van der Waals surface area contributed by atoms with Crippen molar-refractivity contribution in [2.75, 3.05) is 0 Å². The largest absolute Gasteiger partial charge is 0.298 e. The van der Waals surface area contributed by atoms with E-state index in [4.69, 9.17) is 0 Å². The number of hydrogen-bond donors (Lipinski definition) is 0. The van der Waals surface area contributed by atoms with Gasteiger partial charge in [-0.25, -0.2) is 0 Å². The zero-order chi connectivity index (χ0) is 11.7. The van der Waals surface area contributed by atoms with Gasteiger partial charge in [0.2, 0.25) is 0 Å². The predicted octanol–water partition coefficient (Wildman–Crippen LogP) is 3.05. The number of aromatic nitrogens is 1. The fraction of sp³-hybridized carbons (Fsp3) is 0.200. The summed E-state index contributed by atoms with van der Waals surface area (Å²) < 4.78 is 0. The fourth-order valence-corrected chi connectivity index (χ4v) is 2.41. The maximum Gasteiger partial charge on any atom is 0.150 e. The maximum absolute atomic E-state index is 10.7. The molecule has 1 aromatic heterocycles. The maximum atomic E-state index is 10.7. The average molecular weight is 223 g/mol. The normalized spacial score (nSPS) is 13.4. The number of carbonyl (C=O) groups is 1. The van der Waals surface area contributed by atoms with Gasteiger partial charge in [0, 0.05) is 17.3 Å². The van der Waals surface area contributed by atoms with Crippen LogP contribution in [0.2, 0.25) is 0 Å². The molecule has 1 aliphatic rings. The minimum atomic E-state index is 0.676. The van der Waals surface area contributed by atoms with Crippen molar-refractivity contribution in [3.8, 4) is 11.3 Å². The van der Waals surface area contributed by atoms with E-state index in [2.05, 4.69) is 23.2 Å². The van der Waals surface area contributed by atoms with Crippen LogP contribution < -0.4 is 0 Å². The van der Waals surface area contributed by atoms with E-state index >= 15 is 0 Å². The Hall–Kier alpha value is -1.96. The number of benzene rings is 1. The molecule has 0 unspecified atom stereocenters. The number of hydrogen-bond acceptors (Lipinski definition) is 2. The van der Waals surface area contributed by atoms with E-state index < -0.39 is 0 Å². The zero-order valence-corrected chi connectivity index (χ0v) is 9.52. The Kier molecular flexibility index (Phi) is 2.48. The van der Waals surface area contributed by atoms with Gasteiger partial charge in [-0.15, -0.1) is 0 Å². The summed E-state index contributed by atoms with van der Waals surface area (Å²) in [6, 6.07) is 10.1. The van der Waals surface area contributed by atoms with Gasteiger partial charge in [-0.2, -0.15) is 0 Å². The summed E-state index contributed by atoms with van der Waals surface area (Å²) in [7, 11) is 0. The van der Waals surface area contributed by atoms with Crippen molar-refractivity contribution in [2.45, 2.75) is 19.3 Å². The molecule has 0 amide bonds. The van der Waals surface area contributed by atoms with Crippen molar-refractivity contribution < 1.29 is 4.79 Å². The molecule has 0 spiro atoms. The number of fused-ring (bicyclic) bond motifs is 1. The van der Waals surface area contributed by atoms with E-state index in [0.29, 0.717) is 5.56 Å². The van der Waals surface area contributed by atoms with E-state index in [-0.39, 0.29) is 0 Å². The third-order valence-electron chi connectivity index (χ3n) is 3.31. The minimum Gasteiger partial charge on any atom is -0.298 e. The Labute approximate surface area is 100 Å². The second-order valence-corrected chi connectivity index (χ2v) is 4.43. The van der Waals surface area contributed by atoms with Gasteiger partial charge >= 0.3 is 0 Å². The zero-order valence-electron chi connectivity index (χ0n) is 9.52. The summed E-state index contributed by atoms with van der Waals surface area (Å²) in [4.78, 5) is 15.1. The molecule has 2 aromatic rings. The lowest BCUT2D eigenvalue weighted by Gasteiger charge is -2.04. The van der Waals surface area contributed by atoms with E-state index in [9.17, 15) is 4.79 Å². The first kappa shape index (κ1) is 10.2. The van der Waals surface area contributed by atoms with Crippen LogP contribution in [0.3, 0.4) is 0 Å². The van der Waals surface area contributed by atoms with Gasteiger partial charge in [0.15, 0.2) is 0 Å². The van der Waals surface area contributed by atoms with Gasteiger partial charge in [0.25, 0.3) is 0 Å². The summed E-state index contributed by atoms with van der Waals surface area (Å²) in [5.74, 6) is 0. The van der Waals surface area contributed by atoms with Crippen LogP contribution in [0, 0.1) is 0 Å². The average Bonchev–Trinajstić information content (AvgIpc) is 2.86. The fourth-order valence-electron chi connectivity index (χ4n) is 2.41. The highest BCUT2D eigenvalue weighted by molar-refractivity contribution is 5.77. The Morgan fingerprint density at radius 1 is 1.06 bits per heavy atom. The molecule has 0 N–H and O–H groups in total. The van der Waals surface area contributed by atoms with Gasteiger partial charge < -0.3 is 0 Å². The lowest BCUT2D eigenvalue weighted by Crippen LogP contribution is -1.89. The van der Waals surface area contributed by atoms with E-state index in [1.165, 1.54) is 24.0 Å². The van der Waals surface area contributed by atoms with Gasteiger partial charge in [-0.3, -0.25) is 9.78 Å². The molecule has 0 fully saturated rings. The molecule has 1 aliphatic carbocycles. The monoisotopic (exact) mass is 223 g/mol. The highest BCUT2D eigenvalue weighted by atomic mass is 16.1. The molecule has 84 valence electrons. The second kappa shape index (κ2) is 4.13. The molecule has 1 heterocycles. The lowest BCUT2D eigenvalue weighted by atomic mass is 10.0. The van der Waals surface area contributed by atoms with Gasteiger partial charge in [-0.1, -0.05) is 12.1 Å². The van der Waals surface area contributed by atoms with Gasteiger partial charge in [0.1, 0.15) is 6.29 Å². The number of pyridine rings is 1. The van der Waals surface area contributed by atoms with Crippen molar-refractivity contribution in [1.29, 1.82) is 0 Å². The highest BCUT2D eigenvalue weighted by Crippen LogP contribution is 2.27. The van der Waals surface area contributed by atoms with Crippen LogP contribution in [-0.4, -0.2) is 11.3 Å². The smallest absolute Gasteiger partial charge is 0.150 e. The molecule has 0 bridgehead atoms. The summed E-state index contributed by atoms with van der Waals surface area (Å²) in [6.45, 7) is 0. The number of rotatable bonds is 2. The van der Waals surface area contributed by atoms with Crippen LogP contribution in [0.25, 0.3) is 11.3 Å². The molecule has 0 saturated heterocycles. The molecule has 2 heteroatoms. The molecule has 17 heavy (non-hydrogen) atoms. The van der Waals surface area contributed by atoms with Crippen molar-refractivity contribution in [1.82, 2.24) is 4.98 Å². The SMILES string of the molecule is O=Cc1ccnc(-c2ccc3c(c2)CCC3)c1. The van der Waals surface area contributed by atoms with Crippen molar-refractivity contribution in [2.24, 2.45) is 0 Å². The molecule has 0 atom stereocenters. The Bertz CT molecular complexity index is 575. The summed E-state index contributed by atoms with van der Waals surface area (Å²) in [6.07, 6.45) is 6.15. The van der Waals surface area contributed by atoms with Crippen LogP contribution in [0.5, 0.6) is 0 Å². The lowest BCUT2D eigenvalue weighted by molar-refractivity contribution is 0.112. The Morgan fingerprint density at radius 3 is 2.82 bits per heavy atom. The summed E-state index contributed by atoms with van der Waals surface area (Å²) >= 11 is 0. The molecule has 1 aromatic carbocycles. The Morgan fingerprint density at radius 2 is 1.94 bits per heavy atom. The third-order valence-corrected chi connectivity index (χ3v) is 3.31. The van der Waals surface area contributed by atoms with Crippen molar-refractivity contribution >= 4 is 6.29 Å². The van der Waals surface area contributed by atoms with Crippen LogP contribution >= 0.6 is 0 Å². The number of aldehydes is 1. The van der Waals surface area contributed by atoms with Crippen LogP contribution in [0.4, 0.5) is 0 Å². The number of nitrogens with zero attached hydrogens (tertiary/aromatic N) is 1. The van der Waals surface area contributed by atoms with E-state index in [1.807, 2.05) is 6.07 Å². The highest BCUT2D eigenvalue weighted by Gasteiger charge is 2.11. The summed E-state index contributed by atoms with van der Waals surface area (Å²) in [5.41, 5.74) is 5.55. The molecular formula is C15H13NO. The van der Waals surface area contributed by atoms with Crippen LogP contribution in [-0.2, 0) is 12.8 Å². The predicted molar refractivity (Wildman–Crippen MR) is 67.1 cm³/mol. The van der Waals surface area contributed by atoms with E-state index in [1.54, 1.807) is 12.3 Å². The summed E-state index contributed by atoms with van der Waals surface area (Å²) in [5, 5.41) is 0. The Balaban J connectivity index is 2.06. The second-order valence-electron chi connectivity index (χ2n) is 4.43. The molecule has 0 aliphatic heterocycles. The molecular weight excluding hydrogens is 210 g/mol. The first-order valence-corrected chi connectivity index (χ1v) is 5.90. The van der Waals surface area contributed by atoms with Crippen molar-refractivity contribution in [3.05, 3.63) is 53.2 Å². The standard InChI is InChI=1S/C15H13NO/c17-10-11-6-7-16-15(8-11)14-5-4-12-2-1-3-13(12)9-14/h4-10H,1-3H2. The number of aryl methyl sites for hydroxylation is 2. The van der Waals surface area contributed by atoms with Crippen LogP contribution in [0.1, 0.15) is 27.9 Å². The topological polar surface area (TPSA) is 30.0 Å². The third kappa shape index (κ3) is 1.86. The van der Waals surface area contributed by atoms with Crippen LogP contribution in [0.15, 0.2) is 36.5 Å². The first-order chi connectivity index (χ1) is 8.36. The van der Waals surface area contributed by atoms with Gasteiger partial charge in [-0.05, 0) is 48.6 Å². The minimum absolute atomic E-state index is 0.676. The van der Waals surface area contributed by atoms with E-state index in [0.717, 1.165) is 24.0 Å².